The Bertz CT molecular complexity index is 397. The first-order valence-corrected chi connectivity index (χ1v) is 6.98. The Morgan fingerprint density at radius 2 is 2.11 bits per heavy atom. The maximum Gasteiger partial charge on any atom is 0.0771 e. The third-order valence-electron chi connectivity index (χ3n) is 3.99. The topological polar surface area (TPSA) is 55.2 Å². The molecule has 1 aromatic heterocycles. The number of hydrogen-bond acceptors (Lipinski definition) is 5. The molecule has 1 aliphatic heterocycles. The molecule has 0 bridgehead atoms. The third-order valence-corrected chi connectivity index (χ3v) is 3.99. The van der Waals surface area contributed by atoms with Crippen LogP contribution in [0, 0.1) is 0 Å². The molecule has 0 amide bonds. The van der Waals surface area contributed by atoms with Crippen molar-refractivity contribution in [3.8, 4) is 0 Å². The zero-order valence-electron chi connectivity index (χ0n) is 12.4. The maximum atomic E-state index is 5.46. The number of nitrogens with zero attached hydrogens (tertiary/aromatic N) is 4. The van der Waals surface area contributed by atoms with Crippen LogP contribution in [0.5, 0.6) is 0 Å². The lowest BCUT2D eigenvalue weighted by Crippen LogP contribution is -2.56. The fourth-order valence-electron chi connectivity index (χ4n) is 2.80. The average Bonchev–Trinajstić information content (AvgIpc) is 2.83. The number of morpholine rings is 1. The summed E-state index contributed by atoms with van der Waals surface area (Å²) >= 11 is 0. The SMILES string of the molecule is CCNC(c1cnnn1C)C(C)(C)N1CCOCC1. The Labute approximate surface area is 115 Å². The maximum absolute atomic E-state index is 5.46. The summed E-state index contributed by atoms with van der Waals surface area (Å²) in [5.41, 5.74) is 1.12. The number of likely N-dealkylation sites (N-methyl/N-ethyl adjacent to an activating group) is 1. The molecule has 2 rings (SSSR count). The zero-order valence-corrected chi connectivity index (χ0v) is 12.4. The minimum atomic E-state index is -0.00470. The standard InChI is InChI=1S/C13H25N5O/c1-5-14-12(11-10-15-16-17(11)4)13(2,3)18-6-8-19-9-7-18/h10,12,14H,5-9H2,1-4H3. The molecular formula is C13H25N5O. The van der Waals surface area contributed by atoms with Gasteiger partial charge in [0.2, 0.25) is 0 Å². The molecule has 0 aliphatic carbocycles. The summed E-state index contributed by atoms with van der Waals surface area (Å²) in [5, 5.41) is 11.7. The van der Waals surface area contributed by atoms with E-state index in [1.165, 1.54) is 0 Å². The molecule has 6 heteroatoms. The minimum absolute atomic E-state index is 0.00470. The number of aromatic nitrogens is 3. The molecule has 1 fully saturated rings. The second-order valence-corrected chi connectivity index (χ2v) is 5.53. The highest BCUT2D eigenvalue weighted by molar-refractivity contribution is 5.11. The molecule has 0 aromatic carbocycles. The predicted molar refractivity (Wildman–Crippen MR) is 73.9 cm³/mol. The van der Waals surface area contributed by atoms with E-state index in [4.69, 9.17) is 4.74 Å². The lowest BCUT2D eigenvalue weighted by Gasteiger charge is -2.45. The van der Waals surface area contributed by atoms with Gasteiger partial charge in [-0.25, -0.2) is 0 Å². The van der Waals surface area contributed by atoms with Gasteiger partial charge in [0.05, 0.1) is 31.1 Å². The Hall–Kier alpha value is -0.980. The first kappa shape index (κ1) is 14.4. The van der Waals surface area contributed by atoms with E-state index in [2.05, 4.69) is 41.3 Å². The number of ether oxygens (including phenoxy) is 1. The van der Waals surface area contributed by atoms with Crippen LogP contribution < -0.4 is 5.32 Å². The highest BCUT2D eigenvalue weighted by atomic mass is 16.5. The van der Waals surface area contributed by atoms with Crippen LogP contribution in [0.3, 0.4) is 0 Å². The lowest BCUT2D eigenvalue weighted by atomic mass is 9.89. The van der Waals surface area contributed by atoms with Gasteiger partial charge in [-0.1, -0.05) is 12.1 Å². The van der Waals surface area contributed by atoms with E-state index in [9.17, 15) is 0 Å². The minimum Gasteiger partial charge on any atom is -0.379 e. The fraction of sp³-hybridized carbons (Fsp3) is 0.846. The van der Waals surface area contributed by atoms with E-state index < -0.39 is 0 Å². The van der Waals surface area contributed by atoms with Gasteiger partial charge in [-0.05, 0) is 20.4 Å². The number of rotatable bonds is 5. The van der Waals surface area contributed by atoms with Crippen molar-refractivity contribution in [2.45, 2.75) is 32.4 Å². The van der Waals surface area contributed by atoms with Gasteiger partial charge in [0.1, 0.15) is 0 Å². The van der Waals surface area contributed by atoms with Crippen LogP contribution >= 0.6 is 0 Å². The first-order chi connectivity index (χ1) is 9.07. The van der Waals surface area contributed by atoms with Crippen LogP contribution in [0.2, 0.25) is 0 Å². The molecular weight excluding hydrogens is 242 g/mol. The van der Waals surface area contributed by atoms with E-state index in [0.29, 0.717) is 0 Å². The Balaban J connectivity index is 2.24. The van der Waals surface area contributed by atoms with Gasteiger partial charge in [0.15, 0.2) is 0 Å². The van der Waals surface area contributed by atoms with Crippen LogP contribution in [0.25, 0.3) is 0 Å². The van der Waals surface area contributed by atoms with Crippen LogP contribution in [-0.2, 0) is 11.8 Å². The summed E-state index contributed by atoms with van der Waals surface area (Å²) < 4.78 is 7.31. The van der Waals surface area contributed by atoms with Crippen molar-refractivity contribution in [1.82, 2.24) is 25.2 Å². The van der Waals surface area contributed by atoms with Crippen LogP contribution in [-0.4, -0.2) is 58.3 Å². The number of hydrogen-bond donors (Lipinski definition) is 1. The molecule has 1 atom stereocenters. The van der Waals surface area contributed by atoms with Crippen LogP contribution in [0.15, 0.2) is 6.20 Å². The smallest absolute Gasteiger partial charge is 0.0771 e. The molecule has 2 heterocycles. The third kappa shape index (κ3) is 2.96. The van der Waals surface area contributed by atoms with E-state index >= 15 is 0 Å². The quantitative estimate of drug-likeness (QED) is 0.845. The molecule has 0 saturated carbocycles. The lowest BCUT2D eigenvalue weighted by molar-refractivity contribution is -0.0246. The van der Waals surface area contributed by atoms with Gasteiger partial charge in [0.25, 0.3) is 0 Å². The van der Waals surface area contributed by atoms with Crippen molar-refractivity contribution in [2.75, 3.05) is 32.8 Å². The summed E-state index contributed by atoms with van der Waals surface area (Å²) in [4.78, 5) is 2.48. The van der Waals surface area contributed by atoms with Gasteiger partial charge < -0.3 is 10.1 Å². The van der Waals surface area contributed by atoms with Crippen molar-refractivity contribution in [1.29, 1.82) is 0 Å². The summed E-state index contributed by atoms with van der Waals surface area (Å²) in [5.74, 6) is 0. The molecule has 1 unspecified atom stereocenters. The van der Waals surface area contributed by atoms with Crippen molar-refractivity contribution in [2.24, 2.45) is 7.05 Å². The summed E-state index contributed by atoms with van der Waals surface area (Å²) in [6.45, 7) is 11.2. The number of nitrogens with one attached hydrogen (secondary N) is 1. The van der Waals surface area contributed by atoms with Gasteiger partial charge >= 0.3 is 0 Å². The van der Waals surface area contributed by atoms with E-state index in [0.717, 1.165) is 38.5 Å². The van der Waals surface area contributed by atoms with Gasteiger partial charge in [-0.2, -0.15) is 0 Å². The van der Waals surface area contributed by atoms with Crippen molar-refractivity contribution < 1.29 is 4.74 Å². The highest BCUT2D eigenvalue weighted by Crippen LogP contribution is 2.31. The molecule has 19 heavy (non-hydrogen) atoms. The average molecular weight is 267 g/mol. The van der Waals surface area contributed by atoms with Crippen LogP contribution in [0.4, 0.5) is 0 Å². The Kier molecular flexibility index (Phi) is 4.54. The van der Waals surface area contributed by atoms with Crippen molar-refractivity contribution in [3.05, 3.63) is 11.9 Å². The number of aryl methyl sites for hydroxylation is 1. The van der Waals surface area contributed by atoms with E-state index in [1.54, 1.807) is 0 Å². The predicted octanol–water partition coefficient (Wildman–Crippen LogP) is 0.577. The molecule has 0 radical (unpaired) electrons. The second-order valence-electron chi connectivity index (χ2n) is 5.53. The van der Waals surface area contributed by atoms with Gasteiger partial charge in [0, 0.05) is 25.7 Å². The highest BCUT2D eigenvalue weighted by Gasteiger charge is 2.38. The van der Waals surface area contributed by atoms with Crippen molar-refractivity contribution >= 4 is 0 Å². The molecule has 108 valence electrons. The van der Waals surface area contributed by atoms with Gasteiger partial charge in [-0.3, -0.25) is 9.58 Å². The monoisotopic (exact) mass is 267 g/mol. The van der Waals surface area contributed by atoms with Crippen LogP contribution in [0.1, 0.15) is 32.5 Å². The normalized spacial score (nSPS) is 19.6. The second kappa shape index (κ2) is 5.98. The van der Waals surface area contributed by atoms with E-state index in [1.807, 2.05) is 17.9 Å². The molecule has 1 saturated heterocycles. The fourth-order valence-corrected chi connectivity index (χ4v) is 2.80. The summed E-state index contributed by atoms with van der Waals surface area (Å²) in [7, 11) is 1.95. The molecule has 1 aliphatic rings. The Morgan fingerprint density at radius 1 is 1.42 bits per heavy atom. The van der Waals surface area contributed by atoms with E-state index in [-0.39, 0.29) is 11.6 Å². The molecule has 1 aromatic rings. The largest absolute Gasteiger partial charge is 0.379 e. The summed E-state index contributed by atoms with van der Waals surface area (Å²) in [6.07, 6.45) is 1.86. The summed E-state index contributed by atoms with van der Waals surface area (Å²) in [6, 6.07) is 0.204. The van der Waals surface area contributed by atoms with Crippen molar-refractivity contribution in [3.63, 3.8) is 0 Å². The molecule has 1 N–H and O–H groups in total. The molecule has 6 nitrogen and oxygen atoms in total. The zero-order chi connectivity index (χ0) is 13.9. The van der Waals surface area contributed by atoms with Gasteiger partial charge in [-0.15, -0.1) is 5.10 Å². The Morgan fingerprint density at radius 3 is 2.63 bits per heavy atom. The first-order valence-electron chi connectivity index (χ1n) is 6.98. The molecule has 0 spiro atoms.